The van der Waals surface area contributed by atoms with Crippen molar-refractivity contribution in [2.45, 2.75) is 19.7 Å². The molecular formula is C12H10ClFO3. The maximum atomic E-state index is 13.4. The number of ether oxygens (including phenoxy) is 1. The molecule has 1 aliphatic rings. The lowest BCUT2D eigenvalue weighted by atomic mass is 10.0. The van der Waals surface area contributed by atoms with Gasteiger partial charge in [-0.1, -0.05) is 18.5 Å². The lowest BCUT2D eigenvalue weighted by Crippen LogP contribution is -2.23. The van der Waals surface area contributed by atoms with Crippen LogP contribution in [0, 0.1) is 0 Å². The molecule has 1 aromatic rings. The first-order valence-corrected chi connectivity index (χ1v) is 5.48. The van der Waals surface area contributed by atoms with Gasteiger partial charge in [0.25, 0.3) is 6.36 Å². The summed E-state index contributed by atoms with van der Waals surface area (Å²) in [5, 5.41) is 9.30. The standard InChI is InChI=1S/C12H10ClFO3/c1-2-6-5-10-7(4-9(6)13)3-8(12(15)16)11(14)17-10/h3-5,11H,2H2,1H3,(H,15,16). The van der Waals surface area contributed by atoms with E-state index in [4.69, 9.17) is 21.4 Å². The Morgan fingerprint density at radius 3 is 2.88 bits per heavy atom. The molecule has 90 valence electrons. The fourth-order valence-corrected chi connectivity index (χ4v) is 1.97. The van der Waals surface area contributed by atoms with E-state index < -0.39 is 17.9 Å². The summed E-state index contributed by atoms with van der Waals surface area (Å²) < 4.78 is 18.3. The van der Waals surface area contributed by atoms with Crippen LogP contribution in [0.15, 0.2) is 17.7 Å². The monoisotopic (exact) mass is 256 g/mol. The predicted molar refractivity (Wildman–Crippen MR) is 62.0 cm³/mol. The van der Waals surface area contributed by atoms with Gasteiger partial charge in [-0.2, -0.15) is 4.39 Å². The Hall–Kier alpha value is -1.55. The SMILES string of the molecule is CCc1cc2c(cc1Cl)C=C(C(=O)O)C(F)O2. The second kappa shape index (κ2) is 4.37. The number of carboxylic acids is 1. The zero-order valence-corrected chi connectivity index (χ0v) is 9.79. The summed E-state index contributed by atoms with van der Waals surface area (Å²) >= 11 is 6.00. The molecule has 1 aromatic carbocycles. The number of alkyl halides is 1. The van der Waals surface area contributed by atoms with E-state index in [1.54, 1.807) is 12.1 Å². The molecule has 3 nitrogen and oxygen atoms in total. The van der Waals surface area contributed by atoms with Crippen molar-refractivity contribution in [3.8, 4) is 5.75 Å². The van der Waals surface area contributed by atoms with E-state index in [0.717, 1.165) is 5.56 Å². The topological polar surface area (TPSA) is 46.5 Å². The van der Waals surface area contributed by atoms with E-state index in [1.165, 1.54) is 6.08 Å². The lowest BCUT2D eigenvalue weighted by molar-refractivity contribution is -0.134. The van der Waals surface area contributed by atoms with Crippen LogP contribution in [-0.4, -0.2) is 17.4 Å². The maximum absolute atomic E-state index is 13.4. The van der Waals surface area contributed by atoms with Crippen LogP contribution in [0.1, 0.15) is 18.1 Å². The summed E-state index contributed by atoms with van der Waals surface area (Å²) in [6, 6.07) is 3.23. The first-order valence-electron chi connectivity index (χ1n) is 5.11. The summed E-state index contributed by atoms with van der Waals surface area (Å²) in [4.78, 5) is 10.8. The second-order valence-corrected chi connectivity index (χ2v) is 4.08. The molecule has 0 aromatic heterocycles. The van der Waals surface area contributed by atoms with Crippen LogP contribution >= 0.6 is 11.6 Å². The van der Waals surface area contributed by atoms with E-state index in [2.05, 4.69) is 0 Å². The van der Waals surface area contributed by atoms with E-state index in [-0.39, 0.29) is 0 Å². The molecule has 1 heterocycles. The van der Waals surface area contributed by atoms with Crippen LogP contribution in [0.3, 0.4) is 0 Å². The van der Waals surface area contributed by atoms with E-state index in [9.17, 15) is 9.18 Å². The normalized spacial score (nSPS) is 18.1. The highest BCUT2D eigenvalue weighted by Gasteiger charge is 2.27. The fourth-order valence-electron chi connectivity index (χ4n) is 1.66. The molecule has 0 saturated heterocycles. The number of hydrogen-bond acceptors (Lipinski definition) is 2. The third-order valence-corrected chi connectivity index (χ3v) is 2.94. The van der Waals surface area contributed by atoms with Gasteiger partial charge >= 0.3 is 5.97 Å². The number of rotatable bonds is 2. The lowest BCUT2D eigenvalue weighted by Gasteiger charge is -2.20. The summed E-state index contributed by atoms with van der Waals surface area (Å²) in [6.07, 6.45) is 0.00453. The fraction of sp³-hybridized carbons (Fsp3) is 0.250. The van der Waals surface area contributed by atoms with Gasteiger partial charge < -0.3 is 9.84 Å². The molecule has 1 unspecified atom stereocenters. The Balaban J connectivity index is 2.53. The molecule has 5 heteroatoms. The minimum atomic E-state index is -1.94. The number of hydrogen-bond donors (Lipinski definition) is 1. The van der Waals surface area contributed by atoms with Crippen molar-refractivity contribution in [3.05, 3.63) is 33.9 Å². The largest absolute Gasteiger partial charge is 0.478 e. The number of benzene rings is 1. The smallest absolute Gasteiger partial charge is 0.338 e. The average Bonchev–Trinajstić information content (AvgIpc) is 2.27. The minimum absolute atomic E-state index is 0.323. The van der Waals surface area contributed by atoms with E-state index >= 15 is 0 Å². The third-order valence-electron chi connectivity index (χ3n) is 2.59. The Kier molecular flexibility index (Phi) is 3.07. The molecule has 0 fully saturated rings. The molecule has 0 aliphatic carbocycles. The van der Waals surface area contributed by atoms with Crippen molar-refractivity contribution < 1.29 is 19.0 Å². The van der Waals surface area contributed by atoms with Crippen molar-refractivity contribution in [1.82, 2.24) is 0 Å². The Morgan fingerprint density at radius 1 is 1.59 bits per heavy atom. The minimum Gasteiger partial charge on any atom is -0.478 e. The highest BCUT2D eigenvalue weighted by Crippen LogP contribution is 2.34. The van der Waals surface area contributed by atoms with Crippen LogP contribution < -0.4 is 4.74 Å². The van der Waals surface area contributed by atoms with E-state index in [0.29, 0.717) is 22.8 Å². The van der Waals surface area contributed by atoms with Gasteiger partial charge in [0.1, 0.15) is 11.3 Å². The molecule has 1 atom stereocenters. The molecule has 17 heavy (non-hydrogen) atoms. The molecule has 1 N–H and O–H groups in total. The Bertz CT molecular complexity index is 511. The van der Waals surface area contributed by atoms with Gasteiger partial charge in [-0.25, -0.2) is 4.79 Å². The van der Waals surface area contributed by atoms with Gasteiger partial charge in [-0.3, -0.25) is 0 Å². The van der Waals surface area contributed by atoms with Gasteiger partial charge in [0, 0.05) is 10.6 Å². The summed E-state index contributed by atoms with van der Waals surface area (Å²) in [5.74, 6) is -1.01. The van der Waals surface area contributed by atoms with Gasteiger partial charge in [0.15, 0.2) is 0 Å². The van der Waals surface area contributed by atoms with E-state index in [1.807, 2.05) is 6.92 Å². The van der Waals surface area contributed by atoms with Gasteiger partial charge in [0.2, 0.25) is 0 Å². The Labute approximate surface area is 102 Å². The predicted octanol–water partition coefficient (Wildman–Crippen LogP) is 3.06. The van der Waals surface area contributed by atoms with Gasteiger partial charge in [0.05, 0.1) is 0 Å². The number of aryl methyl sites for hydroxylation is 1. The molecule has 2 rings (SSSR count). The van der Waals surface area contributed by atoms with Gasteiger partial charge in [-0.15, -0.1) is 0 Å². The number of carboxylic acid groups (broad SMARTS) is 1. The van der Waals surface area contributed by atoms with Crippen molar-refractivity contribution in [3.63, 3.8) is 0 Å². The van der Waals surface area contributed by atoms with Crippen LogP contribution in [0.25, 0.3) is 6.08 Å². The third kappa shape index (κ3) is 2.13. The first-order chi connectivity index (χ1) is 8.02. The van der Waals surface area contributed by atoms with Crippen molar-refractivity contribution in [1.29, 1.82) is 0 Å². The molecular weight excluding hydrogens is 247 g/mol. The van der Waals surface area contributed by atoms with Crippen LogP contribution in [0.2, 0.25) is 5.02 Å². The number of halogens is 2. The number of carbonyl (C=O) groups is 1. The van der Waals surface area contributed by atoms with Crippen LogP contribution in [-0.2, 0) is 11.2 Å². The second-order valence-electron chi connectivity index (χ2n) is 3.67. The molecule has 0 bridgehead atoms. The van der Waals surface area contributed by atoms with Crippen molar-refractivity contribution in [2.75, 3.05) is 0 Å². The van der Waals surface area contributed by atoms with Crippen LogP contribution in [0.5, 0.6) is 5.75 Å². The molecule has 0 saturated carbocycles. The summed E-state index contributed by atoms with van der Waals surface area (Å²) in [6.45, 7) is 1.92. The van der Waals surface area contributed by atoms with Gasteiger partial charge in [-0.05, 0) is 30.2 Å². The summed E-state index contributed by atoms with van der Waals surface area (Å²) in [5.41, 5.74) is 0.904. The molecule has 0 radical (unpaired) electrons. The molecule has 0 spiro atoms. The highest BCUT2D eigenvalue weighted by atomic mass is 35.5. The quantitative estimate of drug-likeness (QED) is 0.885. The molecule has 1 aliphatic heterocycles. The maximum Gasteiger partial charge on any atom is 0.338 e. The van der Waals surface area contributed by atoms with Crippen LogP contribution in [0.4, 0.5) is 4.39 Å². The zero-order chi connectivity index (χ0) is 12.6. The molecule has 0 amide bonds. The van der Waals surface area contributed by atoms with Crippen molar-refractivity contribution in [2.24, 2.45) is 0 Å². The number of fused-ring (bicyclic) bond motifs is 1. The number of aliphatic carboxylic acids is 1. The summed E-state index contributed by atoms with van der Waals surface area (Å²) in [7, 11) is 0. The van der Waals surface area contributed by atoms with Crippen molar-refractivity contribution >= 4 is 23.6 Å². The average molecular weight is 257 g/mol. The Morgan fingerprint density at radius 2 is 2.29 bits per heavy atom. The first kappa shape index (κ1) is 11.9. The highest BCUT2D eigenvalue weighted by molar-refractivity contribution is 6.31. The zero-order valence-electron chi connectivity index (χ0n) is 9.04.